The Bertz CT molecular complexity index is 4330. The van der Waals surface area contributed by atoms with E-state index in [0.717, 1.165) is 167 Å². The van der Waals surface area contributed by atoms with Gasteiger partial charge in [-0.3, -0.25) is 0 Å². The third-order valence-corrected chi connectivity index (χ3v) is 25.5. The van der Waals surface area contributed by atoms with Crippen LogP contribution in [-0.2, 0) is 38.5 Å². The number of benzene rings is 6. The van der Waals surface area contributed by atoms with Gasteiger partial charge in [0, 0.05) is 43.8 Å². The quantitative estimate of drug-likeness (QED) is 0.0361. The van der Waals surface area contributed by atoms with E-state index in [9.17, 15) is 0 Å². The van der Waals surface area contributed by atoms with E-state index in [1.54, 1.807) is 14.2 Å². The molecular weight excluding hydrogens is 1420 g/mol. The average Bonchev–Trinajstić information content (AvgIpc) is 1.56. The van der Waals surface area contributed by atoms with Crippen LogP contribution in [0.15, 0.2) is 97.1 Å². The summed E-state index contributed by atoms with van der Waals surface area (Å²) in [6.07, 6.45) is 66.2. The van der Waals surface area contributed by atoms with E-state index >= 15 is 0 Å². The molecule has 0 saturated carbocycles. The standard InChI is InChI=1S/C106H150N8O2/c1-9-15-21-27-33-39-45-51-59-79-69-70-80(60-52-46-40-34-28-22-16-10-2)92-91(79)99-107-100(92)109-102-94-82(62-54-48-42-36-30-24-18-12-4)72-74-84(64-56-50-44-38-32-26-20-14-6)96(94)104(111-102)113-106-98-90(86-66-58-68-88(78-86)116-8)76-75-89(85-65-57-67-87(77-85)115-7)97(98)105(114-106)112-103-95-83(63-55-49-43-37-31-25-19-13-5)73-71-81(93(95)101(108-99)110-103)61-53-47-41-35-29-23-17-11-3/h57-58,65-78H,9-56,59-64H2,1-8H3,(H2,107,108,109,110,111,112,113,114). The Balaban J connectivity index is 1.24. The Hall–Kier alpha value is -7.72. The lowest BCUT2D eigenvalue weighted by Gasteiger charge is -2.14. The van der Waals surface area contributed by atoms with Gasteiger partial charge in [0.2, 0.25) is 0 Å². The summed E-state index contributed by atoms with van der Waals surface area (Å²) in [5.41, 5.74) is 19.6. The molecule has 8 bridgehead atoms. The Morgan fingerprint density at radius 1 is 0.224 bits per heavy atom. The number of aromatic amines is 2. The number of nitrogens with zero attached hydrogens (tertiary/aromatic N) is 6. The molecule has 0 unspecified atom stereocenters. The second kappa shape index (κ2) is 49.6. The molecule has 0 atom stereocenters. The van der Waals surface area contributed by atoms with Crippen molar-refractivity contribution >= 4 is 44.1 Å². The molecule has 10 nitrogen and oxygen atoms in total. The minimum atomic E-state index is 0.698. The first kappa shape index (κ1) is 89.1. The Kier molecular flexibility index (Phi) is 38.1. The largest absolute Gasteiger partial charge is 0.497 e. The van der Waals surface area contributed by atoms with Gasteiger partial charge in [-0.25, -0.2) is 29.9 Å². The van der Waals surface area contributed by atoms with Crippen LogP contribution < -0.4 is 9.47 Å². The molecule has 2 aliphatic heterocycles. The Labute approximate surface area is 701 Å². The van der Waals surface area contributed by atoms with Crippen molar-refractivity contribution in [2.45, 2.75) is 388 Å². The zero-order chi connectivity index (χ0) is 80.7. The van der Waals surface area contributed by atoms with Gasteiger partial charge >= 0.3 is 0 Å². The van der Waals surface area contributed by atoms with E-state index in [-0.39, 0.29) is 0 Å². The molecule has 3 aromatic heterocycles. The van der Waals surface area contributed by atoms with E-state index in [0.29, 0.717) is 22.9 Å². The third-order valence-electron chi connectivity index (χ3n) is 25.5. The number of hydrogen-bond acceptors (Lipinski definition) is 8. The topological polar surface area (TPSA) is 127 Å². The van der Waals surface area contributed by atoms with Crippen LogP contribution >= 0.6 is 0 Å². The second-order valence-electron chi connectivity index (χ2n) is 34.7. The summed E-state index contributed by atoms with van der Waals surface area (Å²) < 4.78 is 12.1. The number of aromatic nitrogens is 8. The van der Waals surface area contributed by atoms with Gasteiger partial charge in [0.15, 0.2) is 23.3 Å². The molecular formula is C106H150N8O2. The highest BCUT2D eigenvalue weighted by atomic mass is 16.5. The summed E-state index contributed by atoms with van der Waals surface area (Å²) in [5.74, 6) is 4.45. The van der Waals surface area contributed by atoms with E-state index in [4.69, 9.17) is 39.4 Å². The molecule has 6 aromatic carbocycles. The maximum absolute atomic E-state index is 6.19. The predicted octanol–water partition coefficient (Wildman–Crippen LogP) is 32.3. The minimum absolute atomic E-state index is 0.698. The average molecular weight is 1570 g/mol. The molecule has 9 aromatic rings. The van der Waals surface area contributed by atoms with Crippen LogP contribution in [0.4, 0.5) is 0 Å². The molecule has 0 radical (unpaired) electrons. The lowest BCUT2D eigenvalue weighted by Crippen LogP contribution is -1.98. The van der Waals surface area contributed by atoms with E-state index in [1.165, 1.54) is 314 Å². The van der Waals surface area contributed by atoms with Gasteiger partial charge in [-0.15, -0.1) is 0 Å². The van der Waals surface area contributed by atoms with Crippen molar-refractivity contribution in [2.24, 2.45) is 0 Å². The fourth-order valence-corrected chi connectivity index (χ4v) is 18.7. The fraction of sp³-hybridized carbons (Fsp3) is 0.585. The summed E-state index contributed by atoms with van der Waals surface area (Å²) in [6, 6.07) is 36.5. The number of fused-ring (bicyclic) bond motifs is 20. The number of rotatable bonds is 58. The third kappa shape index (κ3) is 25.2. The second-order valence-corrected chi connectivity index (χ2v) is 34.7. The highest BCUT2D eigenvalue weighted by molar-refractivity contribution is 6.18. The highest BCUT2D eigenvalue weighted by Gasteiger charge is 2.31. The fourth-order valence-electron chi connectivity index (χ4n) is 18.7. The van der Waals surface area contributed by atoms with Gasteiger partial charge in [-0.1, -0.05) is 384 Å². The molecule has 0 amide bonds. The van der Waals surface area contributed by atoms with Gasteiger partial charge in [0.05, 0.1) is 14.2 Å². The van der Waals surface area contributed by atoms with Crippen molar-refractivity contribution in [1.82, 2.24) is 39.9 Å². The predicted molar refractivity (Wildman–Crippen MR) is 498 cm³/mol. The summed E-state index contributed by atoms with van der Waals surface area (Å²) >= 11 is 0. The molecule has 10 heteroatoms. The summed E-state index contributed by atoms with van der Waals surface area (Å²) in [7, 11) is 3.53. The highest BCUT2D eigenvalue weighted by Crippen LogP contribution is 2.47. The number of H-pyrrole nitrogens is 2. The van der Waals surface area contributed by atoms with Crippen LogP contribution in [0.25, 0.3) is 112 Å². The zero-order valence-electron chi connectivity index (χ0n) is 73.9. The van der Waals surface area contributed by atoms with Crippen LogP contribution in [0.2, 0.25) is 0 Å². The van der Waals surface area contributed by atoms with Gasteiger partial charge < -0.3 is 19.4 Å². The van der Waals surface area contributed by atoms with Crippen molar-refractivity contribution in [3.05, 3.63) is 130 Å². The molecule has 5 heterocycles. The molecule has 626 valence electrons. The molecule has 2 N–H and O–H groups in total. The molecule has 0 aliphatic carbocycles. The van der Waals surface area contributed by atoms with E-state index in [2.05, 4.69) is 136 Å². The lowest BCUT2D eigenvalue weighted by molar-refractivity contribution is 0.415. The lowest BCUT2D eigenvalue weighted by atomic mass is 9.90. The number of hydrogen-bond donors (Lipinski definition) is 2. The van der Waals surface area contributed by atoms with Crippen molar-refractivity contribution in [3.8, 4) is 79.3 Å². The summed E-state index contributed by atoms with van der Waals surface area (Å²) in [5, 5.41) is 4.32. The molecule has 2 aliphatic rings. The van der Waals surface area contributed by atoms with Crippen LogP contribution in [0.3, 0.4) is 0 Å². The van der Waals surface area contributed by atoms with Crippen LogP contribution in [0.1, 0.15) is 383 Å². The van der Waals surface area contributed by atoms with Gasteiger partial charge in [0.25, 0.3) is 0 Å². The smallest absolute Gasteiger partial charge is 0.165 e. The van der Waals surface area contributed by atoms with Crippen LogP contribution in [0.5, 0.6) is 11.5 Å². The maximum Gasteiger partial charge on any atom is 0.165 e. The Morgan fingerprint density at radius 3 is 0.681 bits per heavy atom. The first-order valence-electron chi connectivity index (χ1n) is 48.1. The molecule has 0 fully saturated rings. The van der Waals surface area contributed by atoms with Crippen molar-refractivity contribution in [3.63, 3.8) is 0 Å². The van der Waals surface area contributed by atoms with Crippen LogP contribution in [0, 0.1) is 0 Å². The number of ether oxygens (including phenoxy) is 2. The molecule has 11 rings (SSSR count). The van der Waals surface area contributed by atoms with Gasteiger partial charge in [-0.2, -0.15) is 0 Å². The normalized spacial score (nSPS) is 11.9. The van der Waals surface area contributed by atoms with E-state index < -0.39 is 0 Å². The monoisotopic (exact) mass is 1570 g/mol. The minimum Gasteiger partial charge on any atom is -0.497 e. The first-order chi connectivity index (χ1) is 57.3. The number of methoxy groups -OCH3 is 2. The molecule has 0 saturated heterocycles. The summed E-state index contributed by atoms with van der Waals surface area (Å²) in [6.45, 7) is 13.9. The summed E-state index contributed by atoms with van der Waals surface area (Å²) in [4.78, 5) is 45.0. The SMILES string of the molecule is CCCCCCCCCCc1ccc(CCCCCCCCCC)c2c1-c1nc-2nc2[nH]c(nc3nc(nc4[nH]c(n1)c1c(CCCCCCCCCC)ccc(CCCCCCCCCC)c41)-c1c(CCCCCCCCCC)ccc(CCCCCCCCCC)c1-3)c1c(-c3cccc(OC)c3)ccc(-c3cccc(OC)c3)c21. The zero-order valence-corrected chi connectivity index (χ0v) is 73.9. The van der Waals surface area contributed by atoms with Crippen molar-refractivity contribution in [2.75, 3.05) is 14.2 Å². The van der Waals surface area contributed by atoms with Gasteiger partial charge in [-0.05, 0) is 157 Å². The van der Waals surface area contributed by atoms with Crippen molar-refractivity contribution in [1.29, 1.82) is 0 Å². The van der Waals surface area contributed by atoms with Crippen molar-refractivity contribution < 1.29 is 9.47 Å². The van der Waals surface area contributed by atoms with E-state index in [1.807, 2.05) is 12.1 Å². The molecule has 116 heavy (non-hydrogen) atoms. The number of nitrogens with one attached hydrogen (secondary N) is 2. The molecule has 0 spiro atoms. The maximum atomic E-state index is 6.19. The number of aryl methyl sites for hydroxylation is 6. The van der Waals surface area contributed by atoms with Crippen LogP contribution in [-0.4, -0.2) is 54.1 Å². The van der Waals surface area contributed by atoms with Gasteiger partial charge in [0.1, 0.15) is 34.1 Å². The number of unbranched alkanes of at least 4 members (excludes halogenated alkanes) is 42. The Morgan fingerprint density at radius 2 is 0.440 bits per heavy atom. The first-order valence-corrected chi connectivity index (χ1v) is 48.1.